The number of aryl methyl sites for hydroxylation is 1. The van der Waals surface area contributed by atoms with E-state index in [1.54, 1.807) is 0 Å². The number of nitrogens with one attached hydrogen (secondary N) is 1. The Morgan fingerprint density at radius 2 is 2.14 bits per heavy atom. The van der Waals surface area contributed by atoms with Crippen LogP contribution in [0.2, 0.25) is 0 Å². The number of hydrogen-bond acceptors (Lipinski definition) is 2. The van der Waals surface area contributed by atoms with Gasteiger partial charge in [0.15, 0.2) is 5.95 Å². The van der Waals surface area contributed by atoms with Crippen LogP contribution in [0.3, 0.4) is 0 Å². The summed E-state index contributed by atoms with van der Waals surface area (Å²) in [6.07, 6.45) is 3.41. The highest BCUT2D eigenvalue weighted by Crippen LogP contribution is 2.36. The molecule has 0 saturated carbocycles. The summed E-state index contributed by atoms with van der Waals surface area (Å²) in [6.45, 7) is 6.92. The van der Waals surface area contributed by atoms with Gasteiger partial charge in [-0.1, -0.05) is 20.8 Å². The van der Waals surface area contributed by atoms with E-state index in [9.17, 15) is 0 Å². The highest BCUT2D eigenvalue weighted by molar-refractivity contribution is 5.28. The summed E-state index contributed by atoms with van der Waals surface area (Å²) in [5.41, 5.74) is 8.47. The van der Waals surface area contributed by atoms with Gasteiger partial charge in [0, 0.05) is 5.69 Å². The normalized spacial score (nSPS) is 22.1. The predicted molar refractivity (Wildman–Crippen MR) is 58.0 cm³/mol. The number of imidazole rings is 1. The van der Waals surface area contributed by atoms with Gasteiger partial charge in [0.05, 0.1) is 5.69 Å². The van der Waals surface area contributed by atoms with Crippen molar-refractivity contribution in [3.63, 3.8) is 0 Å². The molecule has 0 spiro atoms. The lowest BCUT2D eigenvalue weighted by Gasteiger charge is -2.33. The van der Waals surface area contributed by atoms with Crippen molar-refractivity contribution in [2.24, 2.45) is 11.3 Å². The number of nitrogens with zero attached hydrogens (tertiary/aromatic N) is 1. The Kier molecular flexibility index (Phi) is 2.05. The van der Waals surface area contributed by atoms with Crippen LogP contribution >= 0.6 is 0 Å². The van der Waals surface area contributed by atoms with Crippen molar-refractivity contribution in [1.82, 2.24) is 9.97 Å². The van der Waals surface area contributed by atoms with Gasteiger partial charge in [-0.2, -0.15) is 0 Å². The maximum atomic E-state index is 5.65. The number of H-pyrrole nitrogens is 1. The van der Waals surface area contributed by atoms with Crippen molar-refractivity contribution in [3.05, 3.63) is 11.4 Å². The lowest BCUT2D eigenvalue weighted by atomic mass is 9.73. The Morgan fingerprint density at radius 3 is 2.79 bits per heavy atom. The van der Waals surface area contributed by atoms with E-state index in [-0.39, 0.29) is 0 Å². The molecule has 0 radical (unpaired) electrons. The topological polar surface area (TPSA) is 54.7 Å². The van der Waals surface area contributed by atoms with Crippen LogP contribution in [-0.2, 0) is 12.8 Å². The van der Waals surface area contributed by atoms with Crippen LogP contribution in [0.25, 0.3) is 0 Å². The second kappa shape index (κ2) is 3.01. The molecule has 3 N–H and O–H groups in total. The second-order valence-corrected chi connectivity index (χ2v) is 5.35. The molecule has 1 unspecified atom stereocenters. The molecule has 3 heteroatoms. The molecule has 1 aromatic heterocycles. The molecule has 0 bridgehead atoms. The van der Waals surface area contributed by atoms with E-state index < -0.39 is 0 Å². The largest absolute Gasteiger partial charge is 0.369 e. The Balaban J connectivity index is 2.21. The smallest absolute Gasteiger partial charge is 0.197 e. The number of aromatic amines is 1. The fourth-order valence-corrected chi connectivity index (χ4v) is 2.24. The van der Waals surface area contributed by atoms with E-state index in [1.165, 1.54) is 17.8 Å². The lowest BCUT2D eigenvalue weighted by Crippen LogP contribution is -2.26. The van der Waals surface area contributed by atoms with Crippen LogP contribution in [0.5, 0.6) is 0 Å². The maximum Gasteiger partial charge on any atom is 0.197 e. The first-order valence-corrected chi connectivity index (χ1v) is 5.30. The van der Waals surface area contributed by atoms with E-state index in [0.717, 1.165) is 18.8 Å². The second-order valence-electron chi connectivity index (χ2n) is 5.35. The number of aromatic nitrogens is 2. The molecule has 2 rings (SSSR count). The first-order valence-electron chi connectivity index (χ1n) is 5.30. The molecule has 0 fully saturated rings. The zero-order valence-electron chi connectivity index (χ0n) is 9.22. The summed E-state index contributed by atoms with van der Waals surface area (Å²) in [4.78, 5) is 7.46. The quantitative estimate of drug-likeness (QED) is 0.663. The van der Waals surface area contributed by atoms with Crippen LogP contribution < -0.4 is 5.73 Å². The highest BCUT2D eigenvalue weighted by Gasteiger charge is 2.30. The Hall–Kier alpha value is -0.990. The third-order valence-corrected chi connectivity index (χ3v) is 3.29. The summed E-state index contributed by atoms with van der Waals surface area (Å²) < 4.78 is 0. The Morgan fingerprint density at radius 1 is 1.43 bits per heavy atom. The van der Waals surface area contributed by atoms with Crippen LogP contribution in [0.1, 0.15) is 38.6 Å². The zero-order valence-corrected chi connectivity index (χ0v) is 9.22. The molecular weight excluding hydrogens is 174 g/mol. The van der Waals surface area contributed by atoms with Gasteiger partial charge in [-0.3, -0.25) is 0 Å². The molecule has 1 aliphatic carbocycles. The van der Waals surface area contributed by atoms with Gasteiger partial charge in [-0.05, 0) is 30.6 Å². The van der Waals surface area contributed by atoms with E-state index >= 15 is 0 Å². The molecule has 0 amide bonds. The van der Waals surface area contributed by atoms with E-state index in [1.807, 2.05) is 0 Å². The number of fused-ring (bicyclic) bond motifs is 1. The molecule has 0 saturated heterocycles. The van der Waals surface area contributed by atoms with Gasteiger partial charge in [-0.15, -0.1) is 0 Å². The zero-order chi connectivity index (χ0) is 10.3. The van der Waals surface area contributed by atoms with Crippen molar-refractivity contribution >= 4 is 5.95 Å². The number of anilines is 1. The minimum Gasteiger partial charge on any atom is -0.369 e. The minimum atomic E-state index is 0.386. The van der Waals surface area contributed by atoms with Crippen LogP contribution in [0.15, 0.2) is 0 Å². The van der Waals surface area contributed by atoms with Crippen LogP contribution in [0.4, 0.5) is 5.95 Å². The number of nitrogen functional groups attached to an aromatic ring is 1. The monoisotopic (exact) mass is 193 g/mol. The van der Waals surface area contributed by atoms with Gasteiger partial charge in [-0.25, -0.2) is 4.98 Å². The molecule has 78 valence electrons. The fourth-order valence-electron chi connectivity index (χ4n) is 2.24. The standard InChI is InChI=1S/C11H19N3/c1-11(2,3)7-4-5-8-9(6-7)14-10(12)13-8/h7H,4-6H2,1-3H3,(H3,12,13,14). The SMILES string of the molecule is CC(C)(C)C1CCc2nc(N)[nH]c2C1. The number of nitrogens with two attached hydrogens (primary N) is 1. The molecule has 14 heavy (non-hydrogen) atoms. The van der Waals surface area contributed by atoms with Crippen LogP contribution in [0, 0.1) is 11.3 Å². The molecule has 1 aromatic rings. The van der Waals surface area contributed by atoms with Crippen molar-refractivity contribution in [2.75, 3.05) is 5.73 Å². The molecular formula is C11H19N3. The summed E-state index contributed by atoms with van der Waals surface area (Å²) >= 11 is 0. The van der Waals surface area contributed by atoms with Gasteiger partial charge in [0.1, 0.15) is 0 Å². The van der Waals surface area contributed by atoms with Gasteiger partial charge >= 0.3 is 0 Å². The van der Waals surface area contributed by atoms with Crippen molar-refractivity contribution in [1.29, 1.82) is 0 Å². The summed E-state index contributed by atoms with van der Waals surface area (Å²) in [7, 11) is 0. The molecule has 0 aromatic carbocycles. The highest BCUT2D eigenvalue weighted by atomic mass is 15.0. The van der Waals surface area contributed by atoms with Crippen LogP contribution in [-0.4, -0.2) is 9.97 Å². The maximum absolute atomic E-state index is 5.65. The van der Waals surface area contributed by atoms with Gasteiger partial charge < -0.3 is 10.7 Å². The average Bonchev–Trinajstić information content (AvgIpc) is 2.41. The molecule has 1 aliphatic rings. The molecule has 1 atom stereocenters. The van der Waals surface area contributed by atoms with Gasteiger partial charge in [0.25, 0.3) is 0 Å². The predicted octanol–water partition coefficient (Wildman–Crippen LogP) is 2.14. The van der Waals surface area contributed by atoms with Crippen molar-refractivity contribution < 1.29 is 0 Å². The Labute approximate surface area is 85.1 Å². The summed E-state index contributed by atoms with van der Waals surface area (Å²) in [5.74, 6) is 1.32. The average molecular weight is 193 g/mol. The number of rotatable bonds is 0. The van der Waals surface area contributed by atoms with E-state index in [4.69, 9.17) is 5.73 Å². The number of hydrogen-bond donors (Lipinski definition) is 2. The summed E-state index contributed by atoms with van der Waals surface area (Å²) in [5, 5.41) is 0. The Bertz CT molecular complexity index is 333. The molecule has 0 aliphatic heterocycles. The first kappa shape index (κ1) is 9.56. The first-order chi connectivity index (χ1) is 6.47. The summed E-state index contributed by atoms with van der Waals surface area (Å²) in [6, 6.07) is 0. The fraction of sp³-hybridized carbons (Fsp3) is 0.727. The van der Waals surface area contributed by atoms with Gasteiger partial charge in [0.2, 0.25) is 0 Å². The third-order valence-electron chi connectivity index (χ3n) is 3.29. The van der Waals surface area contributed by atoms with E-state index in [2.05, 4.69) is 30.7 Å². The van der Waals surface area contributed by atoms with Crippen molar-refractivity contribution in [3.8, 4) is 0 Å². The molecule has 3 nitrogen and oxygen atoms in total. The lowest BCUT2D eigenvalue weighted by molar-refractivity contribution is 0.214. The van der Waals surface area contributed by atoms with E-state index in [0.29, 0.717) is 11.4 Å². The molecule has 1 heterocycles. The third kappa shape index (κ3) is 1.63. The minimum absolute atomic E-state index is 0.386. The van der Waals surface area contributed by atoms with Crippen molar-refractivity contribution in [2.45, 2.75) is 40.0 Å².